The Labute approximate surface area is 163 Å². The van der Waals surface area contributed by atoms with Gasteiger partial charge in [-0.2, -0.15) is 0 Å². The molecule has 2 heterocycles. The smallest absolute Gasteiger partial charge is 0.311 e. The van der Waals surface area contributed by atoms with E-state index in [0.717, 1.165) is 42.8 Å². The Kier molecular flexibility index (Phi) is 5.24. The first kappa shape index (κ1) is 18.4. The van der Waals surface area contributed by atoms with Crippen molar-refractivity contribution in [2.45, 2.75) is 50.9 Å². The van der Waals surface area contributed by atoms with Crippen molar-refractivity contribution in [2.24, 2.45) is 0 Å². The van der Waals surface area contributed by atoms with Crippen molar-refractivity contribution in [1.82, 2.24) is 15.0 Å². The van der Waals surface area contributed by atoms with Gasteiger partial charge >= 0.3 is 5.69 Å². The molecule has 0 amide bonds. The fourth-order valence-corrected chi connectivity index (χ4v) is 4.37. The third-order valence-electron chi connectivity index (χ3n) is 5.78. The van der Waals surface area contributed by atoms with Gasteiger partial charge in [0, 0.05) is 29.1 Å². The van der Waals surface area contributed by atoms with Crippen LogP contribution in [0.3, 0.4) is 0 Å². The van der Waals surface area contributed by atoms with Crippen molar-refractivity contribution >= 4 is 0 Å². The van der Waals surface area contributed by atoms with Gasteiger partial charge in [-0.1, -0.05) is 36.4 Å². The number of hydrogen-bond donors (Lipinski definition) is 2. The molecule has 2 N–H and O–H groups in total. The van der Waals surface area contributed by atoms with E-state index in [-0.39, 0.29) is 11.5 Å². The Morgan fingerprint density at radius 2 is 1.61 bits per heavy atom. The lowest BCUT2D eigenvalue weighted by Gasteiger charge is -2.29. The molecule has 3 aromatic rings. The number of rotatable bonds is 4. The molecule has 0 atom stereocenters. The van der Waals surface area contributed by atoms with Crippen LogP contribution in [-0.2, 0) is 6.42 Å². The monoisotopic (exact) mass is 375 g/mol. The molecule has 0 unspecified atom stereocenters. The molecule has 2 aromatic heterocycles. The summed E-state index contributed by atoms with van der Waals surface area (Å²) in [6.45, 7) is 1.94. The largest absolute Gasteiger partial charge is 0.325 e. The Balaban J connectivity index is 1.59. The van der Waals surface area contributed by atoms with Crippen molar-refractivity contribution in [2.75, 3.05) is 0 Å². The predicted molar refractivity (Wildman–Crippen MR) is 110 cm³/mol. The van der Waals surface area contributed by atoms with E-state index in [4.69, 9.17) is 0 Å². The van der Waals surface area contributed by atoms with Crippen molar-refractivity contribution in [3.05, 3.63) is 97.6 Å². The zero-order valence-corrected chi connectivity index (χ0v) is 16.1. The van der Waals surface area contributed by atoms with Crippen molar-refractivity contribution < 1.29 is 0 Å². The molecule has 144 valence electrons. The number of nitrogens with one attached hydrogen (secondary N) is 2. The number of aromatic amines is 2. The van der Waals surface area contributed by atoms with Crippen molar-refractivity contribution in [3.8, 4) is 0 Å². The summed E-state index contributed by atoms with van der Waals surface area (Å²) in [6.07, 6.45) is 4.49. The van der Waals surface area contributed by atoms with Crippen LogP contribution in [-0.4, -0.2) is 15.0 Å². The van der Waals surface area contributed by atoms with Gasteiger partial charge in [-0.3, -0.25) is 14.8 Å². The minimum absolute atomic E-state index is 0.203. The van der Waals surface area contributed by atoms with E-state index in [9.17, 15) is 9.59 Å². The van der Waals surface area contributed by atoms with E-state index >= 15 is 0 Å². The summed E-state index contributed by atoms with van der Waals surface area (Å²) < 4.78 is 0. The van der Waals surface area contributed by atoms with Crippen LogP contribution in [0.25, 0.3) is 0 Å². The van der Waals surface area contributed by atoms with Crippen LogP contribution in [0.15, 0.2) is 58.1 Å². The summed E-state index contributed by atoms with van der Waals surface area (Å²) in [7, 11) is 0. The van der Waals surface area contributed by atoms with Crippen molar-refractivity contribution in [3.63, 3.8) is 0 Å². The molecule has 0 bridgehead atoms. The highest BCUT2D eigenvalue weighted by Gasteiger charge is 2.27. The average molecular weight is 375 g/mol. The number of aryl methyl sites for hydroxylation is 1. The average Bonchev–Trinajstić information content (AvgIpc) is 2.71. The number of aromatic nitrogens is 3. The first-order chi connectivity index (χ1) is 13.6. The minimum Gasteiger partial charge on any atom is -0.311 e. The Bertz CT molecular complexity index is 1060. The van der Waals surface area contributed by atoms with Crippen LogP contribution in [0, 0.1) is 6.92 Å². The summed E-state index contributed by atoms with van der Waals surface area (Å²) in [5.74, 6) is 0.753. The van der Waals surface area contributed by atoms with Crippen LogP contribution in [0.5, 0.6) is 0 Å². The highest BCUT2D eigenvalue weighted by Crippen LogP contribution is 2.40. The topological polar surface area (TPSA) is 78.6 Å². The summed E-state index contributed by atoms with van der Waals surface area (Å²) in [5, 5.41) is 0. The maximum Gasteiger partial charge on any atom is 0.325 e. The first-order valence-corrected chi connectivity index (χ1v) is 9.93. The molecule has 1 aliphatic rings. The van der Waals surface area contributed by atoms with E-state index in [0.29, 0.717) is 17.9 Å². The first-order valence-electron chi connectivity index (χ1n) is 9.93. The zero-order valence-electron chi connectivity index (χ0n) is 16.1. The Morgan fingerprint density at radius 1 is 0.893 bits per heavy atom. The fraction of sp³-hybridized carbons (Fsp3) is 0.348. The summed E-state index contributed by atoms with van der Waals surface area (Å²) in [6, 6.07) is 16.4. The maximum atomic E-state index is 12.6. The van der Waals surface area contributed by atoms with Crippen LogP contribution >= 0.6 is 0 Å². The molecule has 4 rings (SSSR count). The molecule has 5 heteroatoms. The van der Waals surface area contributed by atoms with Crippen LogP contribution < -0.4 is 11.2 Å². The molecule has 1 fully saturated rings. The summed E-state index contributed by atoms with van der Waals surface area (Å²) in [5.41, 5.74) is 3.85. The second-order valence-corrected chi connectivity index (χ2v) is 7.71. The van der Waals surface area contributed by atoms with E-state index < -0.39 is 5.69 Å². The SMILES string of the molecule is Cc1cccc(Cc2c(=O)[nH]c(=O)[nH]c2[C@H]2CC[C@H](c3ccccc3)CC2)n1. The summed E-state index contributed by atoms with van der Waals surface area (Å²) in [4.78, 5) is 34.4. The van der Waals surface area contributed by atoms with Gasteiger partial charge in [0.1, 0.15) is 0 Å². The molecule has 0 spiro atoms. The molecule has 1 aliphatic carbocycles. The van der Waals surface area contributed by atoms with E-state index in [2.05, 4.69) is 39.2 Å². The summed E-state index contributed by atoms with van der Waals surface area (Å²) >= 11 is 0. The Hall–Kier alpha value is -2.95. The molecule has 1 aromatic carbocycles. The number of benzene rings is 1. The van der Waals surface area contributed by atoms with E-state index in [1.807, 2.05) is 31.2 Å². The third kappa shape index (κ3) is 3.98. The van der Waals surface area contributed by atoms with Gasteiger partial charge in [-0.25, -0.2) is 4.79 Å². The van der Waals surface area contributed by atoms with E-state index in [1.54, 1.807) is 0 Å². The highest BCUT2D eigenvalue weighted by atomic mass is 16.2. The molecule has 28 heavy (non-hydrogen) atoms. The quantitative estimate of drug-likeness (QED) is 0.728. The van der Waals surface area contributed by atoms with Gasteiger partial charge in [0.25, 0.3) is 5.56 Å². The second kappa shape index (κ2) is 7.97. The molecular weight excluding hydrogens is 350 g/mol. The van der Waals surface area contributed by atoms with Gasteiger partial charge in [0.2, 0.25) is 0 Å². The highest BCUT2D eigenvalue weighted by molar-refractivity contribution is 5.28. The van der Waals surface area contributed by atoms with Crippen LogP contribution in [0.4, 0.5) is 0 Å². The van der Waals surface area contributed by atoms with Crippen LogP contribution in [0.1, 0.15) is 65.7 Å². The van der Waals surface area contributed by atoms with Gasteiger partial charge in [0.05, 0.1) is 0 Å². The number of pyridine rings is 1. The fourth-order valence-electron chi connectivity index (χ4n) is 4.37. The lowest BCUT2D eigenvalue weighted by Crippen LogP contribution is -2.30. The van der Waals surface area contributed by atoms with Gasteiger partial charge in [0.15, 0.2) is 0 Å². The number of nitrogens with zero attached hydrogens (tertiary/aromatic N) is 1. The van der Waals surface area contributed by atoms with Crippen molar-refractivity contribution in [1.29, 1.82) is 0 Å². The zero-order chi connectivity index (χ0) is 19.5. The molecule has 5 nitrogen and oxygen atoms in total. The Morgan fingerprint density at radius 3 is 2.32 bits per heavy atom. The second-order valence-electron chi connectivity index (χ2n) is 7.71. The molecule has 1 saturated carbocycles. The lowest BCUT2D eigenvalue weighted by molar-refractivity contribution is 0.388. The molecule has 0 aliphatic heterocycles. The number of H-pyrrole nitrogens is 2. The maximum absolute atomic E-state index is 12.6. The number of hydrogen-bond acceptors (Lipinski definition) is 3. The van der Waals surface area contributed by atoms with Gasteiger partial charge in [-0.15, -0.1) is 0 Å². The van der Waals surface area contributed by atoms with Crippen LogP contribution in [0.2, 0.25) is 0 Å². The standard InChI is InChI=1S/C23H25N3O2/c1-15-6-5-9-19(24-15)14-20-21(25-23(28)26-22(20)27)18-12-10-17(11-13-18)16-7-3-2-4-8-16/h2-9,17-18H,10-14H2,1H3,(H2,25,26,27,28)/t17-,18-. The normalized spacial score (nSPS) is 19.5. The predicted octanol–water partition coefficient (Wildman–Crippen LogP) is 3.80. The van der Waals surface area contributed by atoms with Gasteiger partial charge < -0.3 is 4.98 Å². The molecule has 0 radical (unpaired) electrons. The molecular formula is C23H25N3O2. The van der Waals surface area contributed by atoms with E-state index in [1.165, 1.54) is 5.56 Å². The minimum atomic E-state index is -0.425. The molecule has 0 saturated heterocycles. The van der Waals surface area contributed by atoms with Gasteiger partial charge in [-0.05, 0) is 62.1 Å². The third-order valence-corrected chi connectivity index (χ3v) is 5.78. The lowest BCUT2D eigenvalue weighted by atomic mass is 9.76.